The van der Waals surface area contributed by atoms with E-state index in [2.05, 4.69) is 221 Å². The molecule has 0 amide bonds. The summed E-state index contributed by atoms with van der Waals surface area (Å²) >= 11 is 0. The average Bonchev–Trinajstić information content (AvgIpc) is 3.88. The minimum absolute atomic E-state index is 0.552. The first-order valence-corrected chi connectivity index (χ1v) is 20.9. The Morgan fingerprint density at radius 1 is 0.258 bits per heavy atom. The molecule has 12 rings (SSSR count). The molecule has 0 radical (unpaired) electrons. The number of benzene rings is 9. The molecule has 5 nitrogen and oxygen atoms in total. The predicted octanol–water partition coefficient (Wildman–Crippen LogP) is 14.4. The van der Waals surface area contributed by atoms with Gasteiger partial charge in [0, 0.05) is 38.4 Å². The van der Waals surface area contributed by atoms with Crippen LogP contribution < -0.4 is 0 Å². The van der Waals surface area contributed by atoms with E-state index in [0.717, 1.165) is 77.3 Å². The second-order valence-electron chi connectivity index (χ2n) is 15.7. The van der Waals surface area contributed by atoms with Gasteiger partial charge in [0.1, 0.15) is 0 Å². The van der Waals surface area contributed by atoms with E-state index in [9.17, 15) is 0 Å². The van der Waals surface area contributed by atoms with Crippen molar-refractivity contribution in [3.8, 4) is 67.8 Å². The average molecular weight is 792 g/mol. The van der Waals surface area contributed by atoms with Crippen LogP contribution >= 0.6 is 0 Å². The molecule has 0 aliphatic carbocycles. The number of hydrogen-bond acceptors (Lipinski definition) is 3. The van der Waals surface area contributed by atoms with Crippen LogP contribution in [-0.2, 0) is 0 Å². The van der Waals surface area contributed by atoms with E-state index >= 15 is 0 Å². The van der Waals surface area contributed by atoms with E-state index in [4.69, 9.17) is 15.0 Å². The lowest BCUT2D eigenvalue weighted by atomic mass is 10.0. The minimum Gasteiger partial charge on any atom is -0.307 e. The van der Waals surface area contributed by atoms with Gasteiger partial charge in [0.25, 0.3) is 0 Å². The Hall–Kier alpha value is -8.41. The SMILES string of the molecule is c1ccc(-c2ccc(-c3nc(-c4cccc(-c5ccccc5)c4)nc(-n4c5ccccc5c5ccc6c7cc(-c8ccccc8)ccc7n(-c7ccccc7)c6c54)n3)cc2)cc1. The Morgan fingerprint density at radius 3 is 1.39 bits per heavy atom. The third-order valence-corrected chi connectivity index (χ3v) is 12.0. The Balaban J connectivity index is 1.16. The number of rotatable bonds is 7. The maximum atomic E-state index is 5.42. The predicted molar refractivity (Wildman–Crippen MR) is 256 cm³/mol. The lowest BCUT2D eigenvalue weighted by Crippen LogP contribution is -2.07. The zero-order valence-electron chi connectivity index (χ0n) is 33.6. The van der Waals surface area contributed by atoms with Crippen molar-refractivity contribution in [3.63, 3.8) is 0 Å². The second kappa shape index (κ2) is 14.7. The zero-order chi connectivity index (χ0) is 41.0. The molecule has 0 N–H and O–H groups in total. The summed E-state index contributed by atoms with van der Waals surface area (Å²) in [6.07, 6.45) is 0. The van der Waals surface area contributed by atoms with Gasteiger partial charge in [-0.2, -0.15) is 9.97 Å². The fourth-order valence-corrected chi connectivity index (χ4v) is 9.05. The van der Waals surface area contributed by atoms with Gasteiger partial charge in [0.15, 0.2) is 11.6 Å². The van der Waals surface area contributed by atoms with Gasteiger partial charge in [-0.25, -0.2) is 4.98 Å². The van der Waals surface area contributed by atoms with Crippen molar-refractivity contribution in [2.24, 2.45) is 0 Å². The van der Waals surface area contributed by atoms with Crippen LogP contribution in [-0.4, -0.2) is 24.1 Å². The molecule has 12 aromatic rings. The summed E-state index contributed by atoms with van der Waals surface area (Å²) in [5.41, 5.74) is 14.1. The van der Waals surface area contributed by atoms with E-state index in [1.165, 1.54) is 16.5 Å². The molecule has 0 unspecified atom stereocenters. The number of aromatic nitrogens is 5. The standard InChI is InChI=1S/C57H37N5/c1-5-16-38(17-6-1)41-28-30-42(31-29-41)55-58-56(45-23-15-22-43(36-45)39-18-7-2-8-19-39)60-57(59-55)62-51-27-14-13-26-47(51)48-33-34-49-50-37-44(40-20-9-3-10-21-40)32-35-52(50)61(53(49)54(48)62)46-24-11-4-12-25-46/h1-37H. The molecule has 0 spiro atoms. The molecule has 0 atom stereocenters. The van der Waals surface area contributed by atoms with Crippen molar-refractivity contribution in [2.75, 3.05) is 0 Å². The fraction of sp³-hybridized carbons (Fsp3) is 0. The highest BCUT2D eigenvalue weighted by Crippen LogP contribution is 2.42. The Bertz CT molecular complexity index is 3590. The van der Waals surface area contributed by atoms with Crippen molar-refractivity contribution < 1.29 is 0 Å². The van der Waals surface area contributed by atoms with Crippen molar-refractivity contribution >= 4 is 43.6 Å². The maximum absolute atomic E-state index is 5.42. The molecular formula is C57H37N5. The topological polar surface area (TPSA) is 48.5 Å². The van der Waals surface area contributed by atoms with Gasteiger partial charge in [-0.15, -0.1) is 0 Å². The Labute approximate surface area is 358 Å². The molecule has 0 aliphatic heterocycles. The van der Waals surface area contributed by atoms with E-state index in [0.29, 0.717) is 17.6 Å². The third-order valence-electron chi connectivity index (χ3n) is 12.0. The second-order valence-corrected chi connectivity index (χ2v) is 15.7. The van der Waals surface area contributed by atoms with Crippen LogP contribution in [0.15, 0.2) is 224 Å². The summed E-state index contributed by atoms with van der Waals surface area (Å²) in [6.45, 7) is 0. The highest BCUT2D eigenvalue weighted by Gasteiger charge is 2.24. The maximum Gasteiger partial charge on any atom is 0.238 e. The smallest absolute Gasteiger partial charge is 0.238 e. The molecule has 0 saturated carbocycles. The van der Waals surface area contributed by atoms with E-state index in [1.54, 1.807) is 0 Å². The van der Waals surface area contributed by atoms with Gasteiger partial charge >= 0.3 is 0 Å². The quantitative estimate of drug-likeness (QED) is 0.162. The highest BCUT2D eigenvalue weighted by atomic mass is 15.2. The van der Waals surface area contributed by atoms with Crippen LogP contribution in [0.1, 0.15) is 0 Å². The summed E-state index contributed by atoms with van der Waals surface area (Å²) in [4.78, 5) is 16.1. The lowest BCUT2D eigenvalue weighted by molar-refractivity contribution is 0.953. The first-order chi connectivity index (χ1) is 30.7. The third kappa shape index (κ3) is 5.98. The summed E-state index contributed by atoms with van der Waals surface area (Å²) in [5.74, 6) is 1.75. The molecule has 0 aliphatic rings. The van der Waals surface area contributed by atoms with Gasteiger partial charge in [0.2, 0.25) is 5.95 Å². The molecule has 0 bridgehead atoms. The molecule has 62 heavy (non-hydrogen) atoms. The molecule has 5 heteroatoms. The lowest BCUT2D eigenvalue weighted by Gasteiger charge is -2.14. The molecule has 9 aromatic carbocycles. The molecule has 3 heterocycles. The fourth-order valence-electron chi connectivity index (χ4n) is 9.05. The monoisotopic (exact) mass is 791 g/mol. The summed E-state index contributed by atoms with van der Waals surface area (Å²) < 4.78 is 4.67. The first kappa shape index (κ1) is 35.5. The van der Waals surface area contributed by atoms with Crippen molar-refractivity contribution in [3.05, 3.63) is 224 Å². The van der Waals surface area contributed by atoms with Crippen molar-refractivity contribution in [2.45, 2.75) is 0 Å². The van der Waals surface area contributed by atoms with Crippen LogP contribution in [0.5, 0.6) is 0 Å². The molecule has 290 valence electrons. The normalized spacial score (nSPS) is 11.5. The van der Waals surface area contributed by atoms with Gasteiger partial charge < -0.3 is 4.57 Å². The number of nitrogens with zero attached hydrogens (tertiary/aromatic N) is 5. The largest absolute Gasteiger partial charge is 0.307 e. The van der Waals surface area contributed by atoms with Crippen LogP contribution in [0.4, 0.5) is 0 Å². The van der Waals surface area contributed by atoms with E-state index in [1.807, 2.05) is 12.1 Å². The van der Waals surface area contributed by atoms with Gasteiger partial charge in [-0.3, -0.25) is 4.57 Å². The van der Waals surface area contributed by atoms with Crippen LogP contribution in [0.2, 0.25) is 0 Å². The summed E-state index contributed by atoms with van der Waals surface area (Å²) in [6, 6.07) is 79.2. The number of para-hydroxylation sites is 2. The van der Waals surface area contributed by atoms with Gasteiger partial charge in [-0.1, -0.05) is 188 Å². The van der Waals surface area contributed by atoms with Crippen LogP contribution in [0.25, 0.3) is 111 Å². The minimum atomic E-state index is 0.552. The van der Waals surface area contributed by atoms with Crippen molar-refractivity contribution in [1.82, 2.24) is 24.1 Å². The summed E-state index contributed by atoms with van der Waals surface area (Å²) in [7, 11) is 0. The molecular weight excluding hydrogens is 755 g/mol. The van der Waals surface area contributed by atoms with Gasteiger partial charge in [0.05, 0.1) is 22.1 Å². The molecule has 0 saturated heterocycles. The van der Waals surface area contributed by atoms with Crippen LogP contribution in [0.3, 0.4) is 0 Å². The van der Waals surface area contributed by atoms with E-state index < -0.39 is 0 Å². The Morgan fingerprint density at radius 2 is 0.710 bits per heavy atom. The van der Waals surface area contributed by atoms with E-state index in [-0.39, 0.29) is 0 Å². The first-order valence-electron chi connectivity index (χ1n) is 20.9. The number of hydrogen-bond donors (Lipinski definition) is 0. The van der Waals surface area contributed by atoms with Gasteiger partial charge in [-0.05, 0) is 69.8 Å². The highest BCUT2D eigenvalue weighted by molar-refractivity contribution is 6.24. The van der Waals surface area contributed by atoms with Crippen LogP contribution in [0, 0.1) is 0 Å². The Kier molecular flexibility index (Phi) is 8.42. The number of fused-ring (bicyclic) bond motifs is 7. The summed E-state index contributed by atoms with van der Waals surface area (Å²) in [5, 5.41) is 4.58. The molecule has 0 fully saturated rings. The van der Waals surface area contributed by atoms with Crippen molar-refractivity contribution in [1.29, 1.82) is 0 Å². The molecule has 3 aromatic heterocycles. The zero-order valence-corrected chi connectivity index (χ0v) is 33.6.